The highest BCUT2D eigenvalue weighted by Gasteiger charge is 2.27. The topological polar surface area (TPSA) is 70.2 Å². The van der Waals surface area contributed by atoms with Gasteiger partial charge in [0.1, 0.15) is 0 Å². The van der Waals surface area contributed by atoms with E-state index in [0.29, 0.717) is 27.8 Å². The Morgan fingerprint density at radius 2 is 1.92 bits per heavy atom. The average Bonchev–Trinajstić information content (AvgIpc) is 3.34. The van der Waals surface area contributed by atoms with E-state index in [1.165, 1.54) is 23.8 Å². The minimum atomic E-state index is -0.0534. The molecule has 1 saturated carbocycles. The highest BCUT2D eigenvalue weighted by Crippen LogP contribution is 2.35. The molecule has 2 N–H and O–H groups in total. The van der Waals surface area contributed by atoms with Crippen molar-refractivity contribution >= 4 is 46.1 Å². The van der Waals surface area contributed by atoms with Crippen molar-refractivity contribution in [2.45, 2.75) is 50.5 Å². The van der Waals surface area contributed by atoms with Crippen molar-refractivity contribution in [2.24, 2.45) is 5.92 Å². The summed E-state index contributed by atoms with van der Waals surface area (Å²) in [5.74, 6) is 1.89. The number of methoxy groups -OCH3 is 1. The predicted octanol–water partition coefficient (Wildman–Crippen LogP) is 6.45. The van der Waals surface area contributed by atoms with Crippen LogP contribution in [0.5, 0.6) is 5.88 Å². The zero-order valence-electron chi connectivity index (χ0n) is 21.2. The quantitative estimate of drug-likeness (QED) is 0.338. The summed E-state index contributed by atoms with van der Waals surface area (Å²) in [6.07, 6.45) is 14.1. The number of nitrogens with one attached hydrogen (secondary N) is 2. The van der Waals surface area contributed by atoms with E-state index >= 15 is 0 Å². The van der Waals surface area contributed by atoms with Gasteiger partial charge in [-0.15, -0.1) is 0 Å². The maximum Gasteiger partial charge on any atom is 0.244 e. The first-order chi connectivity index (χ1) is 18.0. The average molecular weight is 542 g/mol. The van der Waals surface area contributed by atoms with Crippen LogP contribution < -0.4 is 10.1 Å². The first-order valence-electron chi connectivity index (χ1n) is 13.2. The minimum Gasteiger partial charge on any atom is -0.481 e. The normalized spacial score (nSPS) is 21.5. The third-order valence-corrected chi connectivity index (χ3v) is 8.63. The van der Waals surface area contributed by atoms with Crippen LogP contribution in [0, 0.1) is 5.92 Å². The molecule has 1 saturated heterocycles. The number of H-pyrrole nitrogens is 1. The Labute approximate surface area is 228 Å². The summed E-state index contributed by atoms with van der Waals surface area (Å²) >= 11 is 12.0. The lowest BCUT2D eigenvalue weighted by atomic mass is 9.84. The van der Waals surface area contributed by atoms with Gasteiger partial charge in [-0.1, -0.05) is 29.3 Å². The number of rotatable bonds is 7. The zero-order chi connectivity index (χ0) is 25.8. The SMILES string of the molecule is COc1cc2c(C3CCN(CC4CCC(NC(=O)/C=C/c5ccc(Cl)c(Cl)c5)CC4)CC3)c[nH]c2cn1. The van der Waals surface area contributed by atoms with Gasteiger partial charge < -0.3 is 19.9 Å². The molecule has 0 bridgehead atoms. The fourth-order valence-electron chi connectivity index (χ4n) is 5.79. The second-order valence-electron chi connectivity index (χ2n) is 10.3. The number of nitrogens with zero attached hydrogens (tertiary/aromatic N) is 2. The van der Waals surface area contributed by atoms with E-state index in [1.54, 1.807) is 31.4 Å². The molecule has 1 aromatic carbocycles. The number of likely N-dealkylation sites (tertiary alicyclic amines) is 1. The van der Waals surface area contributed by atoms with Gasteiger partial charge in [0.15, 0.2) is 0 Å². The molecule has 1 amide bonds. The summed E-state index contributed by atoms with van der Waals surface area (Å²) in [5.41, 5.74) is 3.32. The van der Waals surface area contributed by atoms with Crippen LogP contribution in [-0.4, -0.2) is 53.6 Å². The summed E-state index contributed by atoms with van der Waals surface area (Å²) < 4.78 is 5.33. The number of aromatic amines is 1. The molecule has 2 aliphatic rings. The molecular weight excluding hydrogens is 507 g/mol. The molecule has 196 valence electrons. The van der Waals surface area contributed by atoms with Crippen molar-refractivity contribution in [2.75, 3.05) is 26.7 Å². The number of aromatic nitrogens is 2. The summed E-state index contributed by atoms with van der Waals surface area (Å²) in [7, 11) is 1.66. The summed E-state index contributed by atoms with van der Waals surface area (Å²) in [4.78, 5) is 22.7. The number of carbonyl (C=O) groups is 1. The lowest BCUT2D eigenvalue weighted by Crippen LogP contribution is -2.41. The van der Waals surface area contributed by atoms with Crippen LogP contribution in [0.3, 0.4) is 0 Å². The van der Waals surface area contributed by atoms with Crippen molar-refractivity contribution in [1.29, 1.82) is 0 Å². The predicted molar refractivity (Wildman–Crippen MR) is 150 cm³/mol. The van der Waals surface area contributed by atoms with E-state index in [9.17, 15) is 4.79 Å². The molecule has 0 spiro atoms. The lowest BCUT2D eigenvalue weighted by Gasteiger charge is -2.36. The van der Waals surface area contributed by atoms with Crippen LogP contribution in [0.25, 0.3) is 17.0 Å². The number of hydrogen-bond acceptors (Lipinski definition) is 4. The molecule has 0 unspecified atom stereocenters. The van der Waals surface area contributed by atoms with Gasteiger partial charge in [-0.05, 0) is 92.8 Å². The molecule has 1 aliphatic carbocycles. The Balaban J connectivity index is 1.05. The molecule has 5 rings (SSSR count). The monoisotopic (exact) mass is 540 g/mol. The van der Waals surface area contributed by atoms with E-state index in [1.807, 2.05) is 18.3 Å². The molecule has 0 atom stereocenters. The first kappa shape index (κ1) is 26.1. The Morgan fingerprint density at radius 1 is 1.14 bits per heavy atom. The maximum absolute atomic E-state index is 12.4. The third kappa shape index (κ3) is 6.49. The number of benzene rings is 1. The number of carbonyl (C=O) groups excluding carboxylic acids is 1. The molecule has 2 fully saturated rings. The molecule has 8 heteroatoms. The van der Waals surface area contributed by atoms with Crippen molar-refractivity contribution in [3.8, 4) is 5.88 Å². The van der Waals surface area contributed by atoms with Gasteiger partial charge in [0.25, 0.3) is 0 Å². The van der Waals surface area contributed by atoms with Gasteiger partial charge in [-0.25, -0.2) is 4.98 Å². The number of piperidine rings is 1. The van der Waals surface area contributed by atoms with Crippen molar-refractivity contribution in [3.63, 3.8) is 0 Å². The van der Waals surface area contributed by atoms with Crippen LogP contribution in [0.1, 0.15) is 55.6 Å². The van der Waals surface area contributed by atoms with E-state index in [0.717, 1.165) is 56.4 Å². The van der Waals surface area contributed by atoms with Gasteiger partial charge in [0, 0.05) is 36.3 Å². The van der Waals surface area contributed by atoms with E-state index in [-0.39, 0.29) is 11.9 Å². The Kier molecular flexibility index (Phi) is 8.38. The van der Waals surface area contributed by atoms with E-state index in [2.05, 4.69) is 26.4 Å². The number of pyridine rings is 1. The fraction of sp³-hybridized carbons (Fsp3) is 0.448. The van der Waals surface area contributed by atoms with Gasteiger partial charge in [0.2, 0.25) is 11.8 Å². The zero-order valence-corrected chi connectivity index (χ0v) is 22.7. The Hall–Kier alpha value is -2.54. The molecule has 3 heterocycles. The minimum absolute atomic E-state index is 0.0534. The van der Waals surface area contributed by atoms with E-state index < -0.39 is 0 Å². The van der Waals surface area contributed by atoms with Gasteiger partial charge in [0.05, 0.1) is 28.9 Å². The van der Waals surface area contributed by atoms with Gasteiger partial charge in [-0.3, -0.25) is 4.79 Å². The molecule has 3 aromatic rings. The van der Waals surface area contributed by atoms with Crippen molar-refractivity contribution < 1.29 is 9.53 Å². The molecule has 2 aromatic heterocycles. The molecule has 0 radical (unpaired) electrons. The number of hydrogen-bond donors (Lipinski definition) is 2. The van der Waals surface area contributed by atoms with Crippen LogP contribution in [-0.2, 0) is 4.79 Å². The second-order valence-corrected chi connectivity index (χ2v) is 11.1. The van der Waals surface area contributed by atoms with Crippen molar-refractivity contribution in [1.82, 2.24) is 20.2 Å². The second kappa shape index (κ2) is 11.9. The van der Waals surface area contributed by atoms with Crippen LogP contribution >= 0.6 is 23.2 Å². The van der Waals surface area contributed by atoms with Crippen LogP contribution in [0.2, 0.25) is 10.0 Å². The maximum atomic E-state index is 12.4. The first-order valence-corrected chi connectivity index (χ1v) is 13.9. The number of ether oxygens (including phenoxy) is 1. The van der Waals surface area contributed by atoms with Gasteiger partial charge in [-0.2, -0.15) is 0 Å². The summed E-state index contributed by atoms with van der Waals surface area (Å²) in [6.45, 7) is 3.43. The smallest absolute Gasteiger partial charge is 0.244 e. The van der Waals surface area contributed by atoms with E-state index in [4.69, 9.17) is 27.9 Å². The largest absolute Gasteiger partial charge is 0.481 e. The van der Waals surface area contributed by atoms with Crippen LogP contribution in [0.4, 0.5) is 0 Å². The van der Waals surface area contributed by atoms with Crippen LogP contribution in [0.15, 0.2) is 42.7 Å². The third-order valence-electron chi connectivity index (χ3n) is 7.89. The number of fused-ring (bicyclic) bond motifs is 1. The molecular formula is C29H34Cl2N4O2. The molecule has 1 aliphatic heterocycles. The summed E-state index contributed by atoms with van der Waals surface area (Å²) in [6, 6.07) is 7.65. The standard InChI is InChI=1S/C29H34Cl2N4O2/c1-37-29-15-23-24(16-32-27(23)17-33-29)21-10-12-35(13-11-21)18-20-2-6-22(7-3-20)34-28(36)9-5-19-4-8-25(30)26(31)14-19/h4-5,8-9,14-17,20-22,32H,2-3,6-7,10-13,18H2,1H3,(H,34,36)/b9-5+. The molecule has 37 heavy (non-hydrogen) atoms. The van der Waals surface area contributed by atoms with Gasteiger partial charge >= 0.3 is 0 Å². The highest BCUT2D eigenvalue weighted by atomic mass is 35.5. The highest BCUT2D eigenvalue weighted by molar-refractivity contribution is 6.42. The number of amides is 1. The Bertz CT molecular complexity index is 1260. The fourth-order valence-corrected chi connectivity index (χ4v) is 6.10. The lowest BCUT2D eigenvalue weighted by molar-refractivity contribution is -0.117. The van der Waals surface area contributed by atoms with Crippen molar-refractivity contribution in [3.05, 3.63) is 63.9 Å². The number of halogens is 2. The molecule has 6 nitrogen and oxygen atoms in total. The Morgan fingerprint density at radius 3 is 2.65 bits per heavy atom. The summed E-state index contributed by atoms with van der Waals surface area (Å²) in [5, 5.41) is 5.40.